The molecule has 1 aromatic rings. The van der Waals surface area contributed by atoms with Gasteiger partial charge in [-0.15, -0.1) is 0 Å². The SMILES string of the molecule is COc1cccc(C(C)CC(=O)N2CC(C(=O)O)CCC2C)c1. The number of methoxy groups -OCH3 is 1. The number of carbonyl (C=O) groups is 2. The third-order valence-corrected chi connectivity index (χ3v) is 4.70. The summed E-state index contributed by atoms with van der Waals surface area (Å²) in [5.74, 6) is -0.384. The summed E-state index contributed by atoms with van der Waals surface area (Å²) in [5.41, 5.74) is 1.05. The van der Waals surface area contributed by atoms with Crippen LogP contribution in [0.1, 0.15) is 44.6 Å². The fourth-order valence-electron chi connectivity index (χ4n) is 3.10. The molecule has 0 spiro atoms. The van der Waals surface area contributed by atoms with Gasteiger partial charge >= 0.3 is 5.97 Å². The first-order valence-electron chi connectivity index (χ1n) is 8.08. The lowest BCUT2D eigenvalue weighted by molar-refractivity contribution is -0.147. The minimum absolute atomic E-state index is 0.0266. The molecule has 1 heterocycles. The van der Waals surface area contributed by atoms with E-state index in [1.165, 1.54) is 0 Å². The third-order valence-electron chi connectivity index (χ3n) is 4.70. The number of aliphatic carboxylic acids is 1. The minimum atomic E-state index is -0.810. The summed E-state index contributed by atoms with van der Waals surface area (Å²) in [6, 6.07) is 7.83. The molecule has 1 fully saturated rings. The van der Waals surface area contributed by atoms with Crippen LogP contribution in [0.5, 0.6) is 5.75 Å². The summed E-state index contributed by atoms with van der Waals surface area (Å²) in [7, 11) is 1.62. The van der Waals surface area contributed by atoms with Gasteiger partial charge < -0.3 is 14.7 Å². The predicted octanol–water partition coefficient (Wildman–Crippen LogP) is 2.90. The molecule has 0 radical (unpaired) electrons. The highest BCUT2D eigenvalue weighted by Crippen LogP contribution is 2.27. The summed E-state index contributed by atoms with van der Waals surface area (Å²) in [4.78, 5) is 25.5. The molecular weight excluding hydrogens is 294 g/mol. The van der Waals surface area contributed by atoms with Gasteiger partial charge in [-0.25, -0.2) is 0 Å². The number of ether oxygens (including phenoxy) is 1. The lowest BCUT2D eigenvalue weighted by atomic mass is 9.91. The molecule has 0 aromatic heterocycles. The number of rotatable bonds is 5. The highest BCUT2D eigenvalue weighted by molar-refractivity contribution is 5.79. The van der Waals surface area contributed by atoms with Crippen molar-refractivity contribution in [3.8, 4) is 5.75 Å². The van der Waals surface area contributed by atoms with Gasteiger partial charge in [0, 0.05) is 19.0 Å². The Bertz CT molecular complexity index is 572. The summed E-state index contributed by atoms with van der Waals surface area (Å²) in [6.07, 6.45) is 1.77. The van der Waals surface area contributed by atoms with Crippen LogP contribution in [0.4, 0.5) is 0 Å². The number of hydrogen-bond donors (Lipinski definition) is 1. The van der Waals surface area contributed by atoms with E-state index in [1.807, 2.05) is 38.1 Å². The molecule has 3 unspecified atom stereocenters. The van der Waals surface area contributed by atoms with Crippen LogP contribution in [0, 0.1) is 5.92 Å². The molecule has 23 heavy (non-hydrogen) atoms. The van der Waals surface area contributed by atoms with Gasteiger partial charge in [0.15, 0.2) is 0 Å². The van der Waals surface area contributed by atoms with Crippen molar-refractivity contribution in [3.63, 3.8) is 0 Å². The van der Waals surface area contributed by atoms with Crippen molar-refractivity contribution in [2.45, 2.75) is 45.1 Å². The van der Waals surface area contributed by atoms with E-state index >= 15 is 0 Å². The highest BCUT2D eigenvalue weighted by atomic mass is 16.5. The van der Waals surface area contributed by atoms with Gasteiger partial charge in [0.25, 0.3) is 0 Å². The average Bonchev–Trinajstić information content (AvgIpc) is 2.54. The Kier molecular flexibility index (Phi) is 5.64. The third kappa shape index (κ3) is 4.24. The lowest BCUT2D eigenvalue weighted by Crippen LogP contribution is -2.47. The molecule has 1 aromatic carbocycles. The lowest BCUT2D eigenvalue weighted by Gasteiger charge is -2.37. The Hall–Kier alpha value is -2.04. The van der Waals surface area contributed by atoms with Gasteiger partial charge in [-0.05, 0) is 43.4 Å². The normalized spacial score (nSPS) is 22.5. The number of amides is 1. The molecule has 5 heteroatoms. The standard InChI is InChI=1S/C18H25NO4/c1-12(14-5-4-6-16(10-14)23-3)9-17(20)19-11-15(18(21)22)8-7-13(19)2/h4-6,10,12-13,15H,7-9,11H2,1-3H3,(H,21,22). The first kappa shape index (κ1) is 17.3. The number of carboxylic acid groups (broad SMARTS) is 1. The second-order valence-electron chi connectivity index (χ2n) is 6.39. The average molecular weight is 319 g/mol. The minimum Gasteiger partial charge on any atom is -0.497 e. The van der Waals surface area contributed by atoms with E-state index in [4.69, 9.17) is 4.74 Å². The molecule has 1 saturated heterocycles. The maximum atomic E-state index is 12.6. The van der Waals surface area contributed by atoms with Gasteiger partial charge in [-0.3, -0.25) is 9.59 Å². The molecule has 2 rings (SSSR count). The van der Waals surface area contributed by atoms with Crippen molar-refractivity contribution >= 4 is 11.9 Å². The van der Waals surface area contributed by atoms with E-state index in [9.17, 15) is 14.7 Å². The number of hydrogen-bond acceptors (Lipinski definition) is 3. The number of nitrogens with zero attached hydrogens (tertiary/aromatic N) is 1. The molecule has 0 aliphatic carbocycles. The number of benzene rings is 1. The van der Waals surface area contributed by atoms with Crippen molar-refractivity contribution in [3.05, 3.63) is 29.8 Å². The Labute approximate surface area is 137 Å². The van der Waals surface area contributed by atoms with Gasteiger partial charge in [0.1, 0.15) is 5.75 Å². The zero-order valence-electron chi connectivity index (χ0n) is 14.0. The van der Waals surface area contributed by atoms with Crippen molar-refractivity contribution in [2.75, 3.05) is 13.7 Å². The molecule has 1 aliphatic heterocycles. The molecule has 3 atom stereocenters. The van der Waals surface area contributed by atoms with Crippen LogP contribution in [-0.2, 0) is 9.59 Å². The van der Waals surface area contributed by atoms with Gasteiger partial charge in [-0.1, -0.05) is 19.1 Å². The van der Waals surface area contributed by atoms with Crippen LogP contribution >= 0.6 is 0 Å². The Balaban J connectivity index is 2.03. The maximum Gasteiger partial charge on any atom is 0.308 e. The second kappa shape index (κ2) is 7.49. The summed E-state index contributed by atoms with van der Waals surface area (Å²) < 4.78 is 5.22. The molecule has 0 saturated carbocycles. The fraction of sp³-hybridized carbons (Fsp3) is 0.556. The number of carboxylic acids is 1. The van der Waals surface area contributed by atoms with E-state index in [-0.39, 0.29) is 17.9 Å². The van der Waals surface area contributed by atoms with Gasteiger partial charge in [-0.2, -0.15) is 0 Å². The monoisotopic (exact) mass is 319 g/mol. The van der Waals surface area contributed by atoms with Crippen molar-refractivity contribution in [1.82, 2.24) is 4.90 Å². The van der Waals surface area contributed by atoms with E-state index in [0.717, 1.165) is 17.7 Å². The van der Waals surface area contributed by atoms with Crippen LogP contribution in [0.25, 0.3) is 0 Å². The molecule has 5 nitrogen and oxygen atoms in total. The Morgan fingerprint density at radius 1 is 1.39 bits per heavy atom. The van der Waals surface area contributed by atoms with Crippen molar-refractivity contribution < 1.29 is 19.4 Å². The van der Waals surface area contributed by atoms with E-state index in [2.05, 4.69) is 0 Å². The van der Waals surface area contributed by atoms with Crippen molar-refractivity contribution in [2.24, 2.45) is 5.92 Å². The smallest absolute Gasteiger partial charge is 0.308 e. The fourth-order valence-corrected chi connectivity index (χ4v) is 3.10. The Morgan fingerprint density at radius 3 is 2.78 bits per heavy atom. The topological polar surface area (TPSA) is 66.8 Å². The van der Waals surface area contributed by atoms with Crippen LogP contribution in [0.2, 0.25) is 0 Å². The van der Waals surface area contributed by atoms with Crippen LogP contribution in [0.15, 0.2) is 24.3 Å². The highest BCUT2D eigenvalue weighted by Gasteiger charge is 2.32. The van der Waals surface area contributed by atoms with Crippen molar-refractivity contribution in [1.29, 1.82) is 0 Å². The zero-order chi connectivity index (χ0) is 17.0. The van der Waals surface area contributed by atoms with Gasteiger partial charge in [0.05, 0.1) is 13.0 Å². The van der Waals surface area contributed by atoms with E-state index in [0.29, 0.717) is 19.4 Å². The van der Waals surface area contributed by atoms with E-state index in [1.54, 1.807) is 12.0 Å². The largest absolute Gasteiger partial charge is 0.497 e. The zero-order valence-corrected chi connectivity index (χ0v) is 14.0. The van der Waals surface area contributed by atoms with Gasteiger partial charge in [0.2, 0.25) is 5.91 Å². The summed E-state index contributed by atoms with van der Waals surface area (Å²) >= 11 is 0. The molecule has 1 amide bonds. The second-order valence-corrected chi connectivity index (χ2v) is 6.39. The number of likely N-dealkylation sites (tertiary alicyclic amines) is 1. The Morgan fingerprint density at radius 2 is 2.13 bits per heavy atom. The molecule has 1 N–H and O–H groups in total. The summed E-state index contributed by atoms with van der Waals surface area (Å²) in [6.45, 7) is 4.32. The molecule has 0 bridgehead atoms. The van der Waals surface area contributed by atoms with Crippen LogP contribution in [-0.4, -0.2) is 41.6 Å². The quantitative estimate of drug-likeness (QED) is 0.906. The molecular formula is C18H25NO4. The predicted molar refractivity (Wildman–Crippen MR) is 87.6 cm³/mol. The number of carbonyl (C=O) groups excluding carboxylic acids is 1. The van der Waals surface area contributed by atoms with E-state index < -0.39 is 11.9 Å². The first-order chi connectivity index (χ1) is 10.9. The molecule has 126 valence electrons. The molecule has 1 aliphatic rings. The first-order valence-corrected chi connectivity index (χ1v) is 8.08. The van der Waals surface area contributed by atoms with Crippen LogP contribution in [0.3, 0.4) is 0 Å². The maximum absolute atomic E-state index is 12.6. The summed E-state index contributed by atoms with van der Waals surface area (Å²) in [5, 5.41) is 9.19. The van der Waals surface area contributed by atoms with Crippen LogP contribution < -0.4 is 4.74 Å². The number of piperidine rings is 1.